The Bertz CT molecular complexity index is 877. The third kappa shape index (κ3) is 13.7. The highest BCUT2D eigenvalue weighted by Crippen LogP contribution is 2.22. The molecule has 2 rings (SSSR count). The van der Waals surface area contributed by atoms with Gasteiger partial charge >= 0.3 is 0 Å². The number of aliphatic hydroxyl groups excluding tert-OH is 8. The zero-order valence-electron chi connectivity index (χ0n) is 26.1. The van der Waals surface area contributed by atoms with Crippen LogP contribution in [0.2, 0.25) is 0 Å². The molecule has 0 aliphatic carbocycles. The average molecular weight is 686 g/mol. The molecule has 2 aliphatic rings. The third-order valence-electron chi connectivity index (χ3n) is 7.41. The van der Waals surface area contributed by atoms with Crippen molar-refractivity contribution in [2.24, 2.45) is 5.73 Å². The normalized spacial score (nSPS) is 31.0. The molecule has 0 saturated carbocycles. The first-order valence-corrected chi connectivity index (χ1v) is 15.5. The van der Waals surface area contributed by atoms with Crippen LogP contribution in [0.4, 0.5) is 0 Å². The molecule has 2 saturated heterocycles. The molecule has 20 heteroatoms. The molecule has 0 spiro atoms. The summed E-state index contributed by atoms with van der Waals surface area (Å²) >= 11 is 0. The SMILES string of the molecule is NCCCCCNC(=O)CN(CC(=O)NCCO[C@H]1O[C@H](CO)[C@@H](O)[C@H](O)[C@@H]1O)CC(=O)NCCO[C@H]1O[C@H](CO)[C@@H](O)[C@H](O)[C@@H]1O. The Kier molecular flexibility index (Phi) is 19.0. The van der Waals surface area contributed by atoms with E-state index < -0.39 is 92.3 Å². The fourth-order valence-electron chi connectivity index (χ4n) is 4.76. The van der Waals surface area contributed by atoms with Crippen LogP contribution < -0.4 is 21.7 Å². The summed E-state index contributed by atoms with van der Waals surface area (Å²) in [7, 11) is 0. The smallest absolute Gasteiger partial charge is 0.234 e. The topological polar surface area (TPSA) is 315 Å². The van der Waals surface area contributed by atoms with E-state index in [0.29, 0.717) is 19.5 Å². The lowest BCUT2D eigenvalue weighted by Crippen LogP contribution is -2.59. The van der Waals surface area contributed by atoms with Gasteiger partial charge in [-0.25, -0.2) is 0 Å². The maximum Gasteiger partial charge on any atom is 0.234 e. The van der Waals surface area contributed by atoms with Gasteiger partial charge in [-0.15, -0.1) is 0 Å². The second kappa shape index (κ2) is 21.7. The number of carbonyl (C=O) groups excluding carboxylic acids is 3. The van der Waals surface area contributed by atoms with Crippen LogP contribution in [0.3, 0.4) is 0 Å². The van der Waals surface area contributed by atoms with Crippen molar-refractivity contribution in [1.29, 1.82) is 0 Å². The molecule has 0 aromatic heterocycles. The van der Waals surface area contributed by atoms with Crippen molar-refractivity contribution in [2.45, 2.75) is 80.7 Å². The van der Waals surface area contributed by atoms with E-state index in [0.717, 1.165) is 12.8 Å². The molecule has 20 nitrogen and oxygen atoms in total. The number of carbonyl (C=O) groups is 3. The van der Waals surface area contributed by atoms with E-state index in [1.807, 2.05) is 0 Å². The number of nitrogens with two attached hydrogens (primary N) is 1. The number of amides is 3. The lowest BCUT2D eigenvalue weighted by Gasteiger charge is -2.39. The van der Waals surface area contributed by atoms with Crippen LogP contribution in [0, 0.1) is 0 Å². The summed E-state index contributed by atoms with van der Waals surface area (Å²) < 4.78 is 21.1. The van der Waals surface area contributed by atoms with E-state index in [1.165, 1.54) is 4.90 Å². The van der Waals surface area contributed by atoms with E-state index in [9.17, 15) is 55.2 Å². The van der Waals surface area contributed by atoms with Crippen LogP contribution >= 0.6 is 0 Å². The lowest BCUT2D eigenvalue weighted by atomic mass is 9.99. The minimum absolute atomic E-state index is 0.0868. The number of unbranched alkanes of at least 4 members (excludes halogenated alkanes) is 2. The predicted octanol–water partition coefficient (Wildman–Crippen LogP) is -7.60. The minimum Gasteiger partial charge on any atom is -0.394 e. The Morgan fingerprint density at radius 3 is 1.38 bits per heavy atom. The minimum atomic E-state index is -1.62. The maximum absolute atomic E-state index is 12.6. The predicted molar refractivity (Wildman–Crippen MR) is 158 cm³/mol. The lowest BCUT2D eigenvalue weighted by molar-refractivity contribution is -0.300. The van der Waals surface area contributed by atoms with E-state index >= 15 is 0 Å². The first-order valence-electron chi connectivity index (χ1n) is 15.5. The Hall–Kier alpha value is -2.15. The largest absolute Gasteiger partial charge is 0.394 e. The quantitative estimate of drug-likeness (QED) is 0.0499. The van der Waals surface area contributed by atoms with Crippen molar-refractivity contribution in [1.82, 2.24) is 20.9 Å². The molecule has 13 N–H and O–H groups in total. The standard InChI is InChI=1S/C27H51N5O15/c28-4-2-1-3-5-29-17(35)10-32(11-18(36)30-6-8-44-26-24(42)22(40)20(38)15(13-33)46-26)12-19(37)31-7-9-45-27-25(43)23(41)21(39)16(14-34)47-27/h15-16,20-27,33-34,38-43H,1-14,28H2,(H,29,35)(H,30,36)(H,31,37)/t15-,16-,20-,21-,22+,23+,24+,25+,26+,27+/m1/s1. The number of nitrogens with zero attached hydrogens (tertiary/aromatic N) is 1. The van der Waals surface area contributed by atoms with E-state index in [1.54, 1.807) is 0 Å². The molecular formula is C27H51N5O15. The van der Waals surface area contributed by atoms with Crippen LogP contribution in [0.1, 0.15) is 19.3 Å². The summed E-state index contributed by atoms with van der Waals surface area (Å²) in [4.78, 5) is 39.1. The first kappa shape index (κ1) is 41.0. The number of hydrogen-bond donors (Lipinski definition) is 12. The van der Waals surface area contributed by atoms with Crippen LogP contribution in [0.25, 0.3) is 0 Å². The van der Waals surface area contributed by atoms with Crippen LogP contribution in [-0.2, 0) is 33.3 Å². The van der Waals surface area contributed by atoms with Gasteiger partial charge in [0.25, 0.3) is 0 Å². The van der Waals surface area contributed by atoms with Crippen molar-refractivity contribution in [3.8, 4) is 0 Å². The number of rotatable bonds is 21. The van der Waals surface area contributed by atoms with E-state index in [-0.39, 0.29) is 45.9 Å². The van der Waals surface area contributed by atoms with E-state index in [4.69, 9.17) is 24.7 Å². The molecule has 0 unspecified atom stereocenters. The van der Waals surface area contributed by atoms with Gasteiger partial charge in [-0.1, -0.05) is 6.42 Å². The van der Waals surface area contributed by atoms with Gasteiger partial charge in [0.15, 0.2) is 12.6 Å². The third-order valence-corrected chi connectivity index (χ3v) is 7.41. The van der Waals surface area contributed by atoms with Gasteiger partial charge in [-0.05, 0) is 19.4 Å². The van der Waals surface area contributed by atoms with Crippen LogP contribution in [0.15, 0.2) is 0 Å². The van der Waals surface area contributed by atoms with Gasteiger partial charge in [-0.2, -0.15) is 0 Å². The second-order valence-electron chi connectivity index (χ2n) is 11.2. The van der Waals surface area contributed by atoms with Gasteiger partial charge in [0.2, 0.25) is 17.7 Å². The zero-order chi connectivity index (χ0) is 34.9. The van der Waals surface area contributed by atoms with Gasteiger partial charge in [0.05, 0.1) is 46.1 Å². The molecule has 2 fully saturated rings. The Labute approximate surface area is 271 Å². The highest BCUT2D eigenvalue weighted by Gasteiger charge is 2.45. The van der Waals surface area contributed by atoms with Crippen LogP contribution in [0.5, 0.6) is 0 Å². The number of nitrogens with one attached hydrogen (secondary N) is 3. The highest BCUT2D eigenvalue weighted by molar-refractivity contribution is 5.84. The Balaban J connectivity index is 1.82. The number of aliphatic hydroxyl groups is 8. The van der Waals surface area contributed by atoms with Crippen molar-refractivity contribution in [3.63, 3.8) is 0 Å². The molecule has 0 aromatic carbocycles. The van der Waals surface area contributed by atoms with Gasteiger partial charge in [-0.3, -0.25) is 19.3 Å². The van der Waals surface area contributed by atoms with E-state index in [2.05, 4.69) is 16.0 Å². The summed E-state index contributed by atoms with van der Waals surface area (Å²) in [5.74, 6) is -1.57. The Morgan fingerprint density at radius 2 is 1.00 bits per heavy atom. The summed E-state index contributed by atoms with van der Waals surface area (Å²) in [5, 5.41) is 85.9. The average Bonchev–Trinajstić information content (AvgIpc) is 3.04. The monoisotopic (exact) mass is 685 g/mol. The van der Waals surface area contributed by atoms with Crippen LogP contribution in [-0.4, -0.2) is 197 Å². The summed E-state index contributed by atoms with van der Waals surface area (Å²) in [6, 6.07) is 0. The molecular weight excluding hydrogens is 634 g/mol. The van der Waals surface area contributed by atoms with Crippen molar-refractivity contribution >= 4 is 17.7 Å². The molecule has 274 valence electrons. The van der Waals surface area contributed by atoms with Gasteiger partial charge in [0, 0.05) is 19.6 Å². The summed E-state index contributed by atoms with van der Waals surface area (Å²) in [5.41, 5.74) is 5.47. The molecule has 3 amide bonds. The number of hydrogen-bond acceptors (Lipinski definition) is 17. The molecule has 10 atom stereocenters. The molecule has 0 aromatic rings. The molecule has 2 aliphatic heterocycles. The summed E-state index contributed by atoms with van der Waals surface area (Å²) in [6.07, 6.45) is -12.3. The fourth-order valence-corrected chi connectivity index (χ4v) is 4.76. The molecule has 0 radical (unpaired) electrons. The van der Waals surface area contributed by atoms with Crippen molar-refractivity contribution in [2.75, 3.05) is 72.2 Å². The highest BCUT2D eigenvalue weighted by atomic mass is 16.7. The summed E-state index contributed by atoms with van der Waals surface area (Å²) in [6.45, 7) is -1.91. The zero-order valence-corrected chi connectivity index (χ0v) is 26.1. The second-order valence-corrected chi connectivity index (χ2v) is 11.2. The van der Waals surface area contributed by atoms with Crippen molar-refractivity contribution in [3.05, 3.63) is 0 Å². The molecule has 0 bridgehead atoms. The molecule has 47 heavy (non-hydrogen) atoms. The Morgan fingerprint density at radius 1 is 0.596 bits per heavy atom. The van der Waals surface area contributed by atoms with Crippen molar-refractivity contribution < 1.29 is 74.2 Å². The van der Waals surface area contributed by atoms with Gasteiger partial charge < -0.3 is 81.5 Å². The van der Waals surface area contributed by atoms with Gasteiger partial charge in [0.1, 0.15) is 48.8 Å². The maximum atomic E-state index is 12.6. The number of ether oxygens (including phenoxy) is 4. The molecule has 2 heterocycles. The first-order chi connectivity index (χ1) is 22.4. The fraction of sp³-hybridized carbons (Fsp3) is 0.889.